The van der Waals surface area contributed by atoms with Crippen LogP contribution in [0.5, 0.6) is 0 Å². The fourth-order valence-corrected chi connectivity index (χ4v) is 3.24. The third-order valence-electron chi connectivity index (χ3n) is 3.67. The van der Waals surface area contributed by atoms with Gasteiger partial charge in [-0.15, -0.1) is 11.3 Å². The molecule has 21 heavy (non-hydrogen) atoms. The summed E-state index contributed by atoms with van der Waals surface area (Å²) >= 11 is 1.52. The molecule has 2 rings (SSSR count). The smallest absolute Gasteiger partial charge is 0.264 e. The number of rotatable bonds is 6. The number of nitrogens with two attached hydrogens (primary N) is 1. The number of carbonyl (C=O) groups excluding carboxylic acids is 1. The average Bonchev–Trinajstić information content (AvgIpc) is 2.89. The molecule has 0 aliphatic heterocycles. The van der Waals surface area contributed by atoms with Crippen LogP contribution in [0.4, 0.5) is 5.69 Å². The van der Waals surface area contributed by atoms with Gasteiger partial charge in [-0.1, -0.05) is 6.92 Å². The van der Waals surface area contributed by atoms with Gasteiger partial charge in [-0.25, -0.2) is 0 Å². The summed E-state index contributed by atoms with van der Waals surface area (Å²) in [5, 5.41) is 1.03. The predicted octanol–water partition coefficient (Wildman–Crippen LogP) is 3.37. The van der Waals surface area contributed by atoms with Crippen LogP contribution in [-0.2, 0) is 4.74 Å². The molecule has 1 amide bonds. The first-order chi connectivity index (χ1) is 10.1. The Kier molecular flexibility index (Phi) is 5.20. The minimum Gasteiger partial charge on any atom is -0.399 e. The molecule has 5 heteroatoms. The van der Waals surface area contributed by atoms with E-state index in [0.717, 1.165) is 27.1 Å². The van der Waals surface area contributed by atoms with Crippen molar-refractivity contribution < 1.29 is 9.53 Å². The van der Waals surface area contributed by atoms with Gasteiger partial charge >= 0.3 is 0 Å². The quantitative estimate of drug-likeness (QED) is 0.832. The highest BCUT2D eigenvalue weighted by molar-refractivity contribution is 7.20. The SMILES string of the molecule is CCC(C)N(CCOC)C(=O)c1cc2cc(N)ccc2s1. The normalized spacial score (nSPS) is 12.5. The largest absolute Gasteiger partial charge is 0.399 e. The minimum absolute atomic E-state index is 0.0705. The van der Waals surface area contributed by atoms with E-state index < -0.39 is 0 Å². The lowest BCUT2D eigenvalue weighted by molar-refractivity contribution is 0.0619. The van der Waals surface area contributed by atoms with E-state index in [1.807, 2.05) is 29.2 Å². The van der Waals surface area contributed by atoms with Crippen LogP contribution in [0, 0.1) is 0 Å². The van der Waals surface area contributed by atoms with Crippen molar-refractivity contribution in [2.45, 2.75) is 26.3 Å². The predicted molar refractivity (Wildman–Crippen MR) is 88.9 cm³/mol. The van der Waals surface area contributed by atoms with E-state index >= 15 is 0 Å². The molecule has 0 spiro atoms. The number of anilines is 1. The fraction of sp³-hybridized carbons (Fsp3) is 0.438. The van der Waals surface area contributed by atoms with E-state index in [1.54, 1.807) is 7.11 Å². The van der Waals surface area contributed by atoms with E-state index in [9.17, 15) is 4.79 Å². The van der Waals surface area contributed by atoms with Gasteiger partial charge in [0.2, 0.25) is 0 Å². The van der Waals surface area contributed by atoms with Crippen LogP contribution in [0.3, 0.4) is 0 Å². The van der Waals surface area contributed by atoms with Crippen LogP contribution >= 0.6 is 11.3 Å². The highest BCUT2D eigenvalue weighted by atomic mass is 32.1. The number of hydrogen-bond acceptors (Lipinski definition) is 4. The molecule has 2 aromatic rings. The van der Waals surface area contributed by atoms with Gasteiger partial charge in [0, 0.05) is 30.1 Å². The van der Waals surface area contributed by atoms with Gasteiger partial charge in [0.15, 0.2) is 0 Å². The fourth-order valence-electron chi connectivity index (χ4n) is 2.24. The van der Waals surface area contributed by atoms with E-state index in [2.05, 4.69) is 13.8 Å². The van der Waals surface area contributed by atoms with Crippen LogP contribution in [0.25, 0.3) is 10.1 Å². The summed E-state index contributed by atoms with van der Waals surface area (Å²) in [5.74, 6) is 0.0705. The number of benzene rings is 1. The third-order valence-corrected chi connectivity index (χ3v) is 4.78. The van der Waals surface area contributed by atoms with Gasteiger partial charge in [0.25, 0.3) is 5.91 Å². The Bertz CT molecular complexity index is 624. The second-order valence-corrected chi connectivity index (χ2v) is 6.24. The Morgan fingerprint density at radius 1 is 1.43 bits per heavy atom. The first-order valence-corrected chi connectivity index (χ1v) is 7.97. The first-order valence-electron chi connectivity index (χ1n) is 7.15. The number of thiophene rings is 1. The number of hydrogen-bond donors (Lipinski definition) is 1. The molecular formula is C16H22N2O2S. The van der Waals surface area contributed by atoms with Crippen LogP contribution in [0.15, 0.2) is 24.3 Å². The molecule has 0 saturated carbocycles. The maximum absolute atomic E-state index is 12.8. The van der Waals surface area contributed by atoms with Gasteiger partial charge in [-0.2, -0.15) is 0 Å². The number of nitrogen functional groups attached to an aromatic ring is 1. The zero-order chi connectivity index (χ0) is 15.4. The van der Waals surface area contributed by atoms with Gasteiger partial charge in [-0.05, 0) is 43.0 Å². The van der Waals surface area contributed by atoms with E-state index in [4.69, 9.17) is 10.5 Å². The Hall–Kier alpha value is -1.59. The maximum Gasteiger partial charge on any atom is 0.264 e. The van der Waals surface area contributed by atoms with E-state index in [1.165, 1.54) is 11.3 Å². The monoisotopic (exact) mass is 306 g/mol. The van der Waals surface area contributed by atoms with E-state index in [0.29, 0.717) is 13.2 Å². The molecule has 2 N–H and O–H groups in total. The summed E-state index contributed by atoms with van der Waals surface area (Å²) in [6.07, 6.45) is 0.924. The number of fused-ring (bicyclic) bond motifs is 1. The Morgan fingerprint density at radius 2 is 2.19 bits per heavy atom. The van der Waals surface area contributed by atoms with Crippen molar-refractivity contribution in [2.75, 3.05) is 26.0 Å². The minimum atomic E-state index is 0.0705. The second kappa shape index (κ2) is 6.91. The van der Waals surface area contributed by atoms with Gasteiger partial charge in [0.05, 0.1) is 11.5 Å². The Labute approximate surface area is 129 Å². The van der Waals surface area contributed by atoms with Crippen molar-refractivity contribution in [1.82, 2.24) is 4.90 Å². The van der Waals surface area contributed by atoms with Crippen LogP contribution in [0.1, 0.15) is 29.9 Å². The Morgan fingerprint density at radius 3 is 2.86 bits per heavy atom. The first kappa shape index (κ1) is 15.8. The summed E-state index contributed by atoms with van der Waals surface area (Å²) in [4.78, 5) is 15.4. The number of nitrogens with zero attached hydrogens (tertiary/aromatic N) is 1. The molecule has 114 valence electrons. The molecule has 0 radical (unpaired) electrons. The van der Waals surface area contributed by atoms with Crippen molar-refractivity contribution in [3.8, 4) is 0 Å². The second-order valence-electron chi connectivity index (χ2n) is 5.16. The van der Waals surface area contributed by atoms with Crippen molar-refractivity contribution in [3.05, 3.63) is 29.1 Å². The highest BCUT2D eigenvalue weighted by Gasteiger charge is 2.22. The van der Waals surface area contributed by atoms with Gasteiger partial charge in [0.1, 0.15) is 0 Å². The lowest BCUT2D eigenvalue weighted by Crippen LogP contribution is -2.40. The Balaban J connectivity index is 2.28. The topological polar surface area (TPSA) is 55.6 Å². The summed E-state index contributed by atoms with van der Waals surface area (Å²) in [6.45, 7) is 5.32. The van der Waals surface area contributed by atoms with Crippen molar-refractivity contribution in [3.63, 3.8) is 0 Å². The molecule has 0 saturated heterocycles. The molecule has 1 heterocycles. The van der Waals surface area contributed by atoms with Gasteiger partial charge in [-0.3, -0.25) is 4.79 Å². The molecule has 1 atom stereocenters. The third kappa shape index (κ3) is 3.54. The summed E-state index contributed by atoms with van der Waals surface area (Å²) < 4.78 is 6.21. The molecule has 0 fully saturated rings. The number of methoxy groups -OCH3 is 1. The summed E-state index contributed by atoms with van der Waals surface area (Å²) in [5.41, 5.74) is 6.52. The molecule has 0 bridgehead atoms. The molecular weight excluding hydrogens is 284 g/mol. The average molecular weight is 306 g/mol. The highest BCUT2D eigenvalue weighted by Crippen LogP contribution is 2.28. The van der Waals surface area contributed by atoms with Crippen molar-refractivity contribution in [1.29, 1.82) is 0 Å². The zero-order valence-electron chi connectivity index (χ0n) is 12.8. The standard InChI is InChI=1S/C16H22N2O2S/c1-4-11(2)18(7-8-20-3)16(19)15-10-12-9-13(17)5-6-14(12)21-15/h5-6,9-11H,4,7-8,17H2,1-3H3. The molecule has 0 aliphatic carbocycles. The molecule has 1 aromatic carbocycles. The molecule has 1 aromatic heterocycles. The van der Waals surface area contributed by atoms with Gasteiger partial charge < -0.3 is 15.4 Å². The number of ether oxygens (including phenoxy) is 1. The van der Waals surface area contributed by atoms with E-state index in [-0.39, 0.29) is 11.9 Å². The number of carbonyl (C=O) groups is 1. The zero-order valence-corrected chi connectivity index (χ0v) is 13.6. The molecule has 4 nitrogen and oxygen atoms in total. The van der Waals surface area contributed by atoms with Crippen LogP contribution < -0.4 is 5.73 Å². The maximum atomic E-state index is 12.8. The lowest BCUT2D eigenvalue weighted by atomic mass is 10.2. The molecule has 0 aliphatic rings. The van der Waals surface area contributed by atoms with Crippen molar-refractivity contribution in [2.24, 2.45) is 0 Å². The molecule has 1 unspecified atom stereocenters. The lowest BCUT2D eigenvalue weighted by Gasteiger charge is -2.27. The summed E-state index contributed by atoms with van der Waals surface area (Å²) in [6, 6.07) is 7.87. The van der Waals surface area contributed by atoms with Crippen LogP contribution in [0.2, 0.25) is 0 Å². The van der Waals surface area contributed by atoms with Crippen molar-refractivity contribution >= 4 is 33.0 Å². The summed E-state index contributed by atoms with van der Waals surface area (Å²) in [7, 11) is 1.65. The number of amides is 1. The van der Waals surface area contributed by atoms with Crippen LogP contribution in [-0.4, -0.2) is 37.1 Å².